The molecule has 1 atom stereocenters. The van der Waals surface area contributed by atoms with Gasteiger partial charge in [0, 0.05) is 46.1 Å². The van der Waals surface area contributed by atoms with E-state index in [2.05, 4.69) is 0 Å². The molecule has 2 aromatic rings. The summed E-state index contributed by atoms with van der Waals surface area (Å²) in [6.07, 6.45) is 1.08. The number of halogens is 2. The Morgan fingerprint density at radius 1 is 1.15 bits per heavy atom. The number of aliphatic hydroxyl groups excluding tert-OH is 1. The second-order valence-electron chi connectivity index (χ2n) is 5.61. The molecule has 7 heteroatoms. The largest absolute Gasteiger partial charge is 0.463 e. The molecule has 0 saturated heterocycles. The lowest BCUT2D eigenvalue weighted by molar-refractivity contribution is -0.137. The van der Waals surface area contributed by atoms with E-state index in [-0.39, 0.29) is 6.61 Å². The molecule has 1 amide bonds. The Morgan fingerprint density at radius 2 is 1.85 bits per heavy atom. The number of hydrogen-bond donors (Lipinski definition) is 1. The van der Waals surface area contributed by atoms with Gasteiger partial charge in [-0.15, -0.1) is 0 Å². The van der Waals surface area contributed by atoms with Crippen molar-refractivity contribution >= 4 is 40.8 Å². The first kappa shape index (κ1) is 21.0. The molecule has 2 rings (SSSR count). The van der Waals surface area contributed by atoms with E-state index in [0.717, 1.165) is 12.2 Å². The molecule has 142 valence electrons. The minimum absolute atomic E-state index is 0.221. The van der Waals surface area contributed by atoms with Crippen LogP contribution in [0.5, 0.6) is 0 Å². The van der Waals surface area contributed by atoms with Gasteiger partial charge >= 0.3 is 5.97 Å². The van der Waals surface area contributed by atoms with Gasteiger partial charge in [-0.2, -0.15) is 0 Å². The number of aliphatic hydroxyl groups is 1. The summed E-state index contributed by atoms with van der Waals surface area (Å²) in [6, 6.07) is 11.7. The molecule has 0 heterocycles. The van der Waals surface area contributed by atoms with Gasteiger partial charge in [0.15, 0.2) is 0 Å². The van der Waals surface area contributed by atoms with E-state index in [1.165, 1.54) is 11.9 Å². The van der Waals surface area contributed by atoms with Gasteiger partial charge in [0.05, 0.1) is 6.61 Å². The Hall–Kier alpha value is -2.34. The summed E-state index contributed by atoms with van der Waals surface area (Å²) in [4.78, 5) is 25.1. The summed E-state index contributed by atoms with van der Waals surface area (Å²) in [5, 5.41) is 11.6. The zero-order valence-electron chi connectivity index (χ0n) is 14.9. The van der Waals surface area contributed by atoms with Crippen molar-refractivity contribution in [3.05, 3.63) is 75.8 Å². The number of esters is 1. The van der Waals surface area contributed by atoms with Crippen molar-refractivity contribution in [1.82, 2.24) is 0 Å². The number of rotatable bonds is 6. The molecular formula is C20H19Cl2NO4. The molecule has 0 fully saturated rings. The Morgan fingerprint density at radius 3 is 2.52 bits per heavy atom. The van der Waals surface area contributed by atoms with Gasteiger partial charge in [0.2, 0.25) is 0 Å². The monoisotopic (exact) mass is 407 g/mol. The fraction of sp³-hybridized carbons (Fsp3) is 0.200. The molecule has 0 aliphatic rings. The van der Waals surface area contributed by atoms with Crippen LogP contribution in [-0.4, -0.2) is 30.6 Å². The van der Waals surface area contributed by atoms with E-state index >= 15 is 0 Å². The van der Waals surface area contributed by atoms with Crippen LogP contribution in [0, 0.1) is 0 Å². The first-order chi connectivity index (χ1) is 12.8. The fourth-order valence-electron chi connectivity index (χ4n) is 2.47. The number of anilines is 1. The molecule has 2 aromatic carbocycles. The van der Waals surface area contributed by atoms with Crippen LogP contribution < -0.4 is 4.90 Å². The van der Waals surface area contributed by atoms with E-state index in [4.69, 9.17) is 27.9 Å². The van der Waals surface area contributed by atoms with Crippen molar-refractivity contribution in [1.29, 1.82) is 0 Å². The van der Waals surface area contributed by atoms with Crippen LogP contribution in [0.4, 0.5) is 5.69 Å². The van der Waals surface area contributed by atoms with Crippen LogP contribution in [0.2, 0.25) is 10.0 Å². The number of amides is 1. The second kappa shape index (κ2) is 9.55. The maximum atomic E-state index is 12.4. The lowest BCUT2D eigenvalue weighted by Crippen LogP contribution is -2.26. The highest BCUT2D eigenvalue weighted by Crippen LogP contribution is 2.35. The second-order valence-corrected chi connectivity index (χ2v) is 6.45. The van der Waals surface area contributed by atoms with Crippen LogP contribution in [0.1, 0.15) is 24.2 Å². The van der Waals surface area contributed by atoms with Gasteiger partial charge in [-0.1, -0.05) is 41.4 Å². The number of nitrogens with zero attached hydrogens (tertiary/aromatic N) is 1. The molecule has 1 unspecified atom stereocenters. The molecule has 0 bridgehead atoms. The molecule has 0 aliphatic heterocycles. The zero-order chi connectivity index (χ0) is 20.0. The molecule has 0 aromatic heterocycles. The molecule has 0 aliphatic carbocycles. The van der Waals surface area contributed by atoms with Gasteiger partial charge in [0.1, 0.15) is 6.10 Å². The molecular weight excluding hydrogens is 389 g/mol. The number of ether oxygens (including phenoxy) is 1. The van der Waals surface area contributed by atoms with Crippen LogP contribution in [-0.2, 0) is 14.3 Å². The van der Waals surface area contributed by atoms with Crippen molar-refractivity contribution in [2.75, 3.05) is 18.6 Å². The number of likely N-dealkylation sites (N-methyl/N-ethyl adjacent to an activating group) is 1. The lowest BCUT2D eigenvalue weighted by atomic mass is 9.99. The molecule has 27 heavy (non-hydrogen) atoms. The van der Waals surface area contributed by atoms with E-state index in [0.29, 0.717) is 26.9 Å². The number of carbonyl (C=O) groups is 2. The highest BCUT2D eigenvalue weighted by molar-refractivity contribution is 6.31. The van der Waals surface area contributed by atoms with Gasteiger partial charge in [-0.3, -0.25) is 4.79 Å². The maximum absolute atomic E-state index is 12.4. The third-order valence-electron chi connectivity index (χ3n) is 3.82. The first-order valence-corrected chi connectivity index (χ1v) is 8.95. The Balaban J connectivity index is 2.36. The summed E-state index contributed by atoms with van der Waals surface area (Å²) >= 11 is 12.3. The van der Waals surface area contributed by atoms with Crippen LogP contribution >= 0.6 is 23.2 Å². The summed E-state index contributed by atoms with van der Waals surface area (Å²) in [7, 11) is 1.53. The molecule has 5 nitrogen and oxygen atoms in total. The fourth-order valence-corrected chi connectivity index (χ4v) is 2.89. The summed E-state index contributed by atoms with van der Waals surface area (Å²) in [5.41, 5.74) is 1.34. The Kier molecular flexibility index (Phi) is 7.42. The van der Waals surface area contributed by atoms with Crippen molar-refractivity contribution in [2.24, 2.45) is 0 Å². The van der Waals surface area contributed by atoms with Gasteiger partial charge in [-0.05, 0) is 31.2 Å². The smallest absolute Gasteiger partial charge is 0.330 e. The Bertz CT molecular complexity index is 867. The quantitative estimate of drug-likeness (QED) is 0.576. The predicted molar refractivity (Wildman–Crippen MR) is 106 cm³/mol. The summed E-state index contributed by atoms with van der Waals surface area (Å²) in [6.45, 7) is 1.90. The van der Waals surface area contributed by atoms with Crippen LogP contribution in [0.25, 0.3) is 0 Å². The first-order valence-electron chi connectivity index (χ1n) is 8.19. The molecule has 0 saturated carbocycles. The third kappa shape index (κ3) is 5.32. The van der Waals surface area contributed by atoms with Gasteiger partial charge < -0.3 is 14.7 Å². The topological polar surface area (TPSA) is 66.8 Å². The van der Waals surface area contributed by atoms with E-state index in [1.807, 2.05) is 0 Å². The highest BCUT2D eigenvalue weighted by atomic mass is 35.5. The average molecular weight is 408 g/mol. The van der Waals surface area contributed by atoms with E-state index in [9.17, 15) is 14.7 Å². The zero-order valence-corrected chi connectivity index (χ0v) is 16.4. The molecule has 1 N–H and O–H groups in total. The Labute approximate surface area is 167 Å². The van der Waals surface area contributed by atoms with E-state index in [1.54, 1.807) is 49.4 Å². The average Bonchev–Trinajstić information content (AvgIpc) is 2.65. The van der Waals surface area contributed by atoms with Crippen LogP contribution in [0.3, 0.4) is 0 Å². The lowest BCUT2D eigenvalue weighted by Gasteiger charge is -2.23. The minimum Gasteiger partial charge on any atom is -0.463 e. The van der Waals surface area contributed by atoms with Crippen LogP contribution in [0.15, 0.2) is 54.6 Å². The van der Waals surface area contributed by atoms with Crippen molar-refractivity contribution in [3.8, 4) is 0 Å². The number of benzene rings is 2. The van der Waals surface area contributed by atoms with Crippen molar-refractivity contribution in [2.45, 2.75) is 13.0 Å². The van der Waals surface area contributed by atoms with Crippen molar-refractivity contribution in [3.63, 3.8) is 0 Å². The third-order valence-corrected chi connectivity index (χ3v) is 4.40. The predicted octanol–water partition coefficient (Wildman–Crippen LogP) is 4.16. The summed E-state index contributed by atoms with van der Waals surface area (Å²) in [5.74, 6) is -1.07. The standard InChI is InChI=1S/C20H19Cl2NO4/c1-3-27-19(25)11-10-18(24)23(2)17-9-8-13(21)12-15(17)20(26)14-6-4-5-7-16(14)22/h4-12,20,26H,3H2,1-2H3. The van der Waals surface area contributed by atoms with E-state index < -0.39 is 18.0 Å². The number of hydrogen-bond acceptors (Lipinski definition) is 4. The van der Waals surface area contributed by atoms with Crippen molar-refractivity contribution < 1.29 is 19.4 Å². The molecule has 0 spiro atoms. The van der Waals surface area contributed by atoms with Gasteiger partial charge in [-0.25, -0.2) is 4.79 Å². The molecule has 0 radical (unpaired) electrons. The van der Waals surface area contributed by atoms with Gasteiger partial charge in [0.25, 0.3) is 5.91 Å². The highest BCUT2D eigenvalue weighted by Gasteiger charge is 2.21. The minimum atomic E-state index is -1.09. The normalized spacial score (nSPS) is 12.0. The SMILES string of the molecule is CCOC(=O)C=CC(=O)N(C)c1ccc(Cl)cc1C(O)c1ccccc1Cl. The maximum Gasteiger partial charge on any atom is 0.330 e. The summed E-state index contributed by atoms with van der Waals surface area (Å²) < 4.78 is 4.76. The number of carbonyl (C=O) groups excluding carboxylic acids is 2.